The van der Waals surface area contributed by atoms with Gasteiger partial charge in [0.15, 0.2) is 0 Å². The van der Waals surface area contributed by atoms with Crippen LogP contribution in [0.4, 0.5) is 0 Å². The highest BCUT2D eigenvalue weighted by atomic mass is 16.5. The summed E-state index contributed by atoms with van der Waals surface area (Å²) in [5.41, 5.74) is 0. The van der Waals surface area contributed by atoms with Crippen LogP contribution in [0.5, 0.6) is 0 Å². The third-order valence-electron chi connectivity index (χ3n) is 2.40. The van der Waals surface area contributed by atoms with E-state index < -0.39 is 5.97 Å². The molecule has 1 N–H and O–H groups in total. The average molecular weight is 221 g/mol. The van der Waals surface area contributed by atoms with E-state index in [4.69, 9.17) is 4.42 Å². The molecule has 0 saturated heterocycles. The average Bonchev–Trinajstić information content (AvgIpc) is 3.01. The fourth-order valence-electron chi connectivity index (χ4n) is 1.35. The van der Waals surface area contributed by atoms with Gasteiger partial charge in [-0.25, -0.2) is 4.79 Å². The van der Waals surface area contributed by atoms with Crippen molar-refractivity contribution < 1.29 is 13.9 Å². The first kappa shape index (κ1) is 11.0. The summed E-state index contributed by atoms with van der Waals surface area (Å²) in [6, 6.07) is 4.06. The number of carbonyl (C=O) groups excluding carboxylic acids is 1. The second kappa shape index (κ2) is 4.99. The molecule has 1 fully saturated rings. The van der Waals surface area contributed by atoms with Gasteiger partial charge in [-0.15, -0.1) is 0 Å². The van der Waals surface area contributed by atoms with E-state index in [2.05, 4.69) is 10.1 Å². The number of ether oxygens (including phenoxy) is 1. The Morgan fingerprint density at radius 2 is 2.44 bits per heavy atom. The minimum atomic E-state index is -0.448. The molecule has 0 aliphatic heterocycles. The number of rotatable bonds is 5. The van der Waals surface area contributed by atoms with Gasteiger partial charge >= 0.3 is 5.97 Å². The molecule has 0 atom stereocenters. The second-order valence-corrected chi connectivity index (χ2v) is 3.78. The van der Waals surface area contributed by atoms with Crippen LogP contribution in [0.15, 0.2) is 22.6 Å². The number of hydrogen-bond donors (Lipinski definition) is 1. The summed E-state index contributed by atoms with van der Waals surface area (Å²) in [6.07, 6.45) is 6.39. The lowest BCUT2D eigenvalue weighted by atomic mass is 10.4. The Labute approximate surface area is 94.3 Å². The molecule has 1 aliphatic rings. The summed E-state index contributed by atoms with van der Waals surface area (Å²) in [6.45, 7) is 0.832. The van der Waals surface area contributed by atoms with Gasteiger partial charge in [0, 0.05) is 12.6 Å². The van der Waals surface area contributed by atoms with Crippen LogP contribution in [0.25, 0.3) is 6.08 Å². The smallest absolute Gasteiger partial charge is 0.373 e. The van der Waals surface area contributed by atoms with E-state index in [1.54, 1.807) is 12.1 Å². The van der Waals surface area contributed by atoms with Crippen LogP contribution < -0.4 is 5.32 Å². The maximum Gasteiger partial charge on any atom is 0.373 e. The van der Waals surface area contributed by atoms with Crippen LogP contribution in [-0.4, -0.2) is 25.7 Å². The topological polar surface area (TPSA) is 51.5 Å². The lowest BCUT2D eigenvalue weighted by Crippen LogP contribution is -2.15. The van der Waals surface area contributed by atoms with E-state index in [9.17, 15) is 4.79 Å². The lowest BCUT2D eigenvalue weighted by molar-refractivity contribution is 0.0564. The van der Waals surface area contributed by atoms with Gasteiger partial charge in [0.25, 0.3) is 0 Å². The molecule has 0 bridgehead atoms. The third-order valence-corrected chi connectivity index (χ3v) is 2.40. The number of hydrogen-bond acceptors (Lipinski definition) is 4. The third kappa shape index (κ3) is 2.97. The van der Waals surface area contributed by atoms with Crippen molar-refractivity contribution in [2.24, 2.45) is 0 Å². The van der Waals surface area contributed by atoms with Gasteiger partial charge < -0.3 is 14.5 Å². The van der Waals surface area contributed by atoms with Crippen LogP contribution in [0, 0.1) is 0 Å². The van der Waals surface area contributed by atoms with Gasteiger partial charge in [0.05, 0.1) is 7.11 Å². The first-order valence-corrected chi connectivity index (χ1v) is 5.37. The molecule has 1 saturated carbocycles. The highest BCUT2D eigenvalue weighted by molar-refractivity contribution is 5.86. The van der Waals surface area contributed by atoms with E-state index in [1.165, 1.54) is 20.0 Å². The molecular formula is C12H15NO3. The molecule has 0 aromatic carbocycles. The van der Waals surface area contributed by atoms with Gasteiger partial charge in [-0.2, -0.15) is 0 Å². The predicted octanol–water partition coefficient (Wildman–Crippen LogP) is 1.83. The van der Waals surface area contributed by atoms with Gasteiger partial charge in [0.2, 0.25) is 5.76 Å². The Kier molecular flexibility index (Phi) is 3.41. The van der Waals surface area contributed by atoms with Crippen molar-refractivity contribution in [3.63, 3.8) is 0 Å². The van der Waals surface area contributed by atoms with Crippen molar-refractivity contribution in [1.29, 1.82) is 0 Å². The fraction of sp³-hybridized carbons (Fsp3) is 0.417. The maximum absolute atomic E-state index is 11.1. The van der Waals surface area contributed by atoms with Gasteiger partial charge in [0.1, 0.15) is 5.76 Å². The summed E-state index contributed by atoms with van der Waals surface area (Å²) >= 11 is 0. The van der Waals surface area contributed by atoms with Gasteiger partial charge in [-0.1, -0.05) is 6.08 Å². The molecular weight excluding hydrogens is 206 g/mol. The van der Waals surface area contributed by atoms with Crippen molar-refractivity contribution >= 4 is 12.0 Å². The molecule has 1 aromatic rings. The Morgan fingerprint density at radius 1 is 1.62 bits per heavy atom. The summed E-state index contributed by atoms with van der Waals surface area (Å²) in [5, 5.41) is 3.35. The highest BCUT2D eigenvalue weighted by Gasteiger charge is 2.18. The zero-order valence-corrected chi connectivity index (χ0v) is 9.23. The zero-order chi connectivity index (χ0) is 11.4. The minimum Gasteiger partial charge on any atom is -0.463 e. The van der Waals surface area contributed by atoms with E-state index in [0.717, 1.165) is 6.54 Å². The molecule has 0 amide bonds. The first-order valence-electron chi connectivity index (χ1n) is 5.37. The monoisotopic (exact) mass is 221 g/mol. The van der Waals surface area contributed by atoms with E-state index in [0.29, 0.717) is 11.8 Å². The molecule has 1 aromatic heterocycles. The molecule has 1 heterocycles. The summed E-state index contributed by atoms with van der Waals surface area (Å²) in [7, 11) is 1.33. The van der Waals surface area contributed by atoms with Crippen LogP contribution >= 0.6 is 0 Å². The van der Waals surface area contributed by atoms with Crippen molar-refractivity contribution in [3.8, 4) is 0 Å². The number of furan rings is 1. The van der Waals surface area contributed by atoms with Crippen molar-refractivity contribution in [1.82, 2.24) is 5.32 Å². The van der Waals surface area contributed by atoms with Crippen LogP contribution in [-0.2, 0) is 4.74 Å². The van der Waals surface area contributed by atoms with E-state index in [-0.39, 0.29) is 5.76 Å². The number of nitrogens with one attached hydrogen (secondary N) is 1. The SMILES string of the molecule is COC(=O)c1ccc(C=CCNC2CC2)o1. The minimum absolute atomic E-state index is 0.234. The molecule has 4 nitrogen and oxygen atoms in total. The Morgan fingerprint density at radius 3 is 3.12 bits per heavy atom. The fourth-order valence-corrected chi connectivity index (χ4v) is 1.35. The summed E-state index contributed by atoms with van der Waals surface area (Å²) in [4.78, 5) is 11.1. The Bertz CT molecular complexity index is 391. The molecule has 4 heteroatoms. The number of carbonyl (C=O) groups is 1. The van der Waals surface area contributed by atoms with E-state index in [1.807, 2.05) is 12.2 Å². The Hall–Kier alpha value is -1.55. The van der Waals surface area contributed by atoms with Gasteiger partial charge in [-0.05, 0) is 31.1 Å². The molecule has 2 rings (SSSR count). The van der Waals surface area contributed by atoms with Crippen molar-refractivity contribution in [2.45, 2.75) is 18.9 Å². The standard InChI is InChI=1S/C12H15NO3/c1-15-12(14)11-7-6-10(16-11)3-2-8-13-9-4-5-9/h2-3,6-7,9,13H,4-5,8H2,1H3. The maximum atomic E-state index is 11.1. The quantitative estimate of drug-likeness (QED) is 0.771. The Balaban J connectivity index is 1.83. The first-order chi connectivity index (χ1) is 7.79. The molecule has 0 unspecified atom stereocenters. The summed E-state index contributed by atoms with van der Waals surface area (Å²) < 4.78 is 9.82. The normalized spacial score (nSPS) is 15.6. The van der Waals surface area contributed by atoms with Crippen molar-refractivity contribution in [2.75, 3.05) is 13.7 Å². The number of methoxy groups -OCH3 is 1. The van der Waals surface area contributed by atoms with Crippen LogP contribution in [0.2, 0.25) is 0 Å². The molecule has 0 spiro atoms. The van der Waals surface area contributed by atoms with Crippen molar-refractivity contribution in [3.05, 3.63) is 29.7 Å². The molecule has 0 radical (unpaired) electrons. The van der Waals surface area contributed by atoms with Gasteiger partial charge in [-0.3, -0.25) is 0 Å². The highest BCUT2D eigenvalue weighted by Crippen LogP contribution is 2.18. The second-order valence-electron chi connectivity index (χ2n) is 3.78. The van der Waals surface area contributed by atoms with Crippen LogP contribution in [0.3, 0.4) is 0 Å². The lowest BCUT2D eigenvalue weighted by Gasteiger charge is -1.94. The van der Waals surface area contributed by atoms with Crippen LogP contribution in [0.1, 0.15) is 29.2 Å². The molecule has 1 aliphatic carbocycles. The largest absolute Gasteiger partial charge is 0.463 e. The summed E-state index contributed by atoms with van der Waals surface area (Å²) in [5.74, 6) is 0.450. The van der Waals surface area contributed by atoms with E-state index >= 15 is 0 Å². The number of esters is 1. The zero-order valence-electron chi connectivity index (χ0n) is 9.23. The predicted molar refractivity (Wildman–Crippen MR) is 60.1 cm³/mol. The molecule has 86 valence electrons. The molecule has 16 heavy (non-hydrogen) atoms.